The average Bonchev–Trinajstić information content (AvgIpc) is 2.27. The van der Waals surface area contributed by atoms with E-state index in [4.69, 9.17) is 10.5 Å². The summed E-state index contributed by atoms with van der Waals surface area (Å²) in [6, 6.07) is -0.621. The second-order valence-corrected chi connectivity index (χ2v) is 3.63. The predicted molar refractivity (Wildman–Crippen MR) is 61.0 cm³/mol. The molecule has 0 fully saturated rings. The molecule has 0 aromatic heterocycles. The number of rotatable bonds is 9. The third-order valence-electron chi connectivity index (χ3n) is 2.32. The minimum Gasteiger partial charge on any atom is -0.383 e. The van der Waals surface area contributed by atoms with Crippen LogP contribution in [0.15, 0.2) is 0 Å². The third-order valence-corrected chi connectivity index (χ3v) is 2.32. The summed E-state index contributed by atoms with van der Waals surface area (Å²) in [4.78, 5) is 13.0. The Balaban J connectivity index is 4.18. The monoisotopic (exact) mass is 253 g/mol. The van der Waals surface area contributed by atoms with Crippen molar-refractivity contribution in [3.63, 3.8) is 0 Å². The molecule has 1 unspecified atom stereocenters. The fourth-order valence-electron chi connectivity index (χ4n) is 1.38. The number of nitrogens with two attached hydrogens (primary N) is 1. The minimum atomic E-state index is -2.48. The van der Waals surface area contributed by atoms with Gasteiger partial charge in [0.15, 0.2) is 0 Å². The van der Waals surface area contributed by atoms with Gasteiger partial charge in [-0.3, -0.25) is 9.69 Å². The van der Waals surface area contributed by atoms with Gasteiger partial charge in [-0.15, -0.1) is 0 Å². The van der Waals surface area contributed by atoms with Crippen LogP contribution in [-0.2, 0) is 9.53 Å². The van der Waals surface area contributed by atoms with Crippen LogP contribution in [0.4, 0.5) is 8.78 Å². The largest absolute Gasteiger partial charge is 0.383 e. The van der Waals surface area contributed by atoms with E-state index in [2.05, 4.69) is 5.32 Å². The van der Waals surface area contributed by atoms with Gasteiger partial charge in [0.25, 0.3) is 6.43 Å². The zero-order chi connectivity index (χ0) is 13.3. The van der Waals surface area contributed by atoms with Crippen LogP contribution in [0.25, 0.3) is 0 Å². The Bertz CT molecular complexity index is 218. The summed E-state index contributed by atoms with van der Waals surface area (Å²) in [6.07, 6.45) is -2.48. The zero-order valence-electron chi connectivity index (χ0n) is 10.3. The van der Waals surface area contributed by atoms with Crippen LogP contribution in [-0.4, -0.2) is 63.2 Å². The van der Waals surface area contributed by atoms with Crippen molar-refractivity contribution in [2.24, 2.45) is 5.73 Å². The smallest absolute Gasteiger partial charge is 0.251 e. The van der Waals surface area contributed by atoms with Gasteiger partial charge in [0.1, 0.15) is 0 Å². The van der Waals surface area contributed by atoms with Gasteiger partial charge < -0.3 is 15.8 Å². The summed E-state index contributed by atoms with van der Waals surface area (Å²) < 4.78 is 29.4. The third kappa shape index (κ3) is 7.19. The Hall–Kier alpha value is -0.790. The van der Waals surface area contributed by atoms with E-state index in [0.29, 0.717) is 13.2 Å². The minimum absolute atomic E-state index is 0.239. The maximum atomic E-state index is 12.3. The number of carbonyl (C=O) groups excluding carboxylic acids is 1. The lowest BCUT2D eigenvalue weighted by atomic mass is 10.2. The summed E-state index contributed by atoms with van der Waals surface area (Å²) in [7, 11) is 1.52. The number of hydrogen-bond acceptors (Lipinski definition) is 4. The molecule has 0 aliphatic carbocycles. The number of amides is 1. The van der Waals surface area contributed by atoms with Crippen molar-refractivity contribution in [1.82, 2.24) is 10.2 Å². The van der Waals surface area contributed by atoms with Crippen molar-refractivity contribution < 1.29 is 18.3 Å². The molecule has 1 atom stereocenters. The molecule has 17 heavy (non-hydrogen) atoms. The Morgan fingerprint density at radius 3 is 2.65 bits per heavy atom. The number of methoxy groups -OCH3 is 1. The lowest BCUT2D eigenvalue weighted by molar-refractivity contribution is -0.126. The quantitative estimate of drug-likeness (QED) is 0.552. The Morgan fingerprint density at radius 2 is 2.18 bits per heavy atom. The van der Waals surface area contributed by atoms with E-state index < -0.39 is 19.0 Å². The number of carbonyl (C=O) groups is 1. The Kier molecular flexibility index (Phi) is 8.83. The first-order valence-corrected chi connectivity index (χ1v) is 5.51. The molecule has 1 amide bonds. The molecule has 0 heterocycles. The van der Waals surface area contributed by atoms with E-state index >= 15 is 0 Å². The molecule has 0 saturated carbocycles. The van der Waals surface area contributed by atoms with Crippen molar-refractivity contribution >= 4 is 5.91 Å². The molecule has 5 nitrogen and oxygen atoms in total. The number of halogens is 2. The molecule has 3 N–H and O–H groups in total. The maximum absolute atomic E-state index is 12.3. The van der Waals surface area contributed by atoms with E-state index in [0.717, 1.165) is 0 Å². The lowest BCUT2D eigenvalue weighted by Crippen LogP contribution is -2.49. The highest BCUT2D eigenvalue weighted by Gasteiger charge is 2.22. The van der Waals surface area contributed by atoms with Crippen molar-refractivity contribution in [1.29, 1.82) is 0 Å². The first-order valence-electron chi connectivity index (χ1n) is 5.51. The van der Waals surface area contributed by atoms with Crippen LogP contribution in [0.2, 0.25) is 0 Å². The second kappa shape index (κ2) is 9.26. The SMILES string of the molecule is COCCNC(=O)C(C)N(CCN)CC(F)F. The molecule has 7 heteroatoms. The topological polar surface area (TPSA) is 67.6 Å². The normalized spacial score (nSPS) is 13.1. The molecular formula is C10H21F2N3O2. The second-order valence-electron chi connectivity index (χ2n) is 3.63. The van der Waals surface area contributed by atoms with Crippen molar-refractivity contribution in [2.75, 3.05) is 39.9 Å². The molecule has 0 rings (SSSR count). The van der Waals surface area contributed by atoms with Gasteiger partial charge in [-0.1, -0.05) is 0 Å². The Morgan fingerprint density at radius 1 is 1.53 bits per heavy atom. The molecule has 0 aromatic rings. The number of ether oxygens (including phenoxy) is 1. The molecule has 0 aromatic carbocycles. The van der Waals surface area contributed by atoms with Crippen LogP contribution in [0.1, 0.15) is 6.92 Å². The fourth-order valence-corrected chi connectivity index (χ4v) is 1.38. The molecule has 0 aliphatic heterocycles. The highest BCUT2D eigenvalue weighted by molar-refractivity contribution is 5.81. The number of nitrogens with one attached hydrogen (secondary N) is 1. The average molecular weight is 253 g/mol. The molecule has 102 valence electrons. The van der Waals surface area contributed by atoms with Gasteiger partial charge in [-0.2, -0.15) is 0 Å². The summed E-state index contributed by atoms with van der Waals surface area (Å²) in [5, 5.41) is 2.60. The molecule has 0 spiro atoms. The fraction of sp³-hybridized carbons (Fsp3) is 0.900. The molecule has 0 saturated heterocycles. The number of hydrogen-bond donors (Lipinski definition) is 2. The first kappa shape index (κ1) is 16.2. The van der Waals surface area contributed by atoms with E-state index in [-0.39, 0.29) is 19.0 Å². The van der Waals surface area contributed by atoms with E-state index in [1.54, 1.807) is 6.92 Å². The summed E-state index contributed by atoms with van der Waals surface area (Å²) in [5.74, 6) is -0.295. The van der Waals surface area contributed by atoms with E-state index in [9.17, 15) is 13.6 Å². The van der Waals surface area contributed by atoms with Crippen LogP contribution in [0, 0.1) is 0 Å². The predicted octanol–water partition coefficient (Wildman–Crippen LogP) is -0.337. The number of nitrogens with zero attached hydrogens (tertiary/aromatic N) is 1. The van der Waals surface area contributed by atoms with Gasteiger partial charge in [-0.05, 0) is 6.92 Å². The van der Waals surface area contributed by atoms with Gasteiger partial charge in [0, 0.05) is 26.7 Å². The molecule has 0 bridgehead atoms. The van der Waals surface area contributed by atoms with Gasteiger partial charge >= 0.3 is 0 Å². The van der Waals surface area contributed by atoms with E-state index in [1.807, 2.05) is 0 Å². The zero-order valence-corrected chi connectivity index (χ0v) is 10.3. The van der Waals surface area contributed by atoms with Crippen molar-refractivity contribution in [3.05, 3.63) is 0 Å². The Labute approximate surface area is 100 Å². The summed E-state index contributed by atoms with van der Waals surface area (Å²) in [5.41, 5.74) is 5.33. The van der Waals surface area contributed by atoms with Crippen LogP contribution in [0.5, 0.6) is 0 Å². The van der Waals surface area contributed by atoms with Crippen LogP contribution in [0.3, 0.4) is 0 Å². The maximum Gasteiger partial charge on any atom is 0.251 e. The van der Waals surface area contributed by atoms with Crippen LogP contribution < -0.4 is 11.1 Å². The van der Waals surface area contributed by atoms with Crippen molar-refractivity contribution in [3.8, 4) is 0 Å². The molecular weight excluding hydrogens is 232 g/mol. The summed E-state index contributed by atoms with van der Waals surface area (Å²) in [6.45, 7) is 2.40. The van der Waals surface area contributed by atoms with Crippen LogP contribution >= 0.6 is 0 Å². The van der Waals surface area contributed by atoms with Gasteiger partial charge in [0.2, 0.25) is 5.91 Å². The number of alkyl halides is 2. The van der Waals surface area contributed by atoms with E-state index in [1.165, 1.54) is 12.0 Å². The summed E-state index contributed by atoms with van der Waals surface area (Å²) >= 11 is 0. The first-order chi connectivity index (χ1) is 8.02. The molecule has 0 radical (unpaired) electrons. The highest BCUT2D eigenvalue weighted by atomic mass is 19.3. The van der Waals surface area contributed by atoms with Gasteiger partial charge in [0.05, 0.1) is 19.2 Å². The van der Waals surface area contributed by atoms with Gasteiger partial charge in [-0.25, -0.2) is 8.78 Å². The van der Waals surface area contributed by atoms with Crippen molar-refractivity contribution in [2.45, 2.75) is 19.4 Å². The lowest BCUT2D eigenvalue weighted by Gasteiger charge is -2.27. The molecule has 0 aliphatic rings. The standard InChI is InChI=1S/C10H21F2N3O2/c1-8(10(16)14-4-6-17-2)15(5-3-13)7-9(11)12/h8-9H,3-7,13H2,1-2H3,(H,14,16). The highest BCUT2D eigenvalue weighted by Crippen LogP contribution is 2.03.